The third-order valence-electron chi connectivity index (χ3n) is 4.72. The molecule has 1 unspecified atom stereocenters. The molecule has 5 heteroatoms. The Morgan fingerprint density at radius 1 is 1.35 bits per heavy atom. The largest absolute Gasteiger partial charge is 0.375 e. The van der Waals surface area contributed by atoms with Gasteiger partial charge in [-0.15, -0.1) is 0 Å². The molecule has 2 fully saturated rings. The molecule has 2 heterocycles. The van der Waals surface area contributed by atoms with E-state index < -0.39 is 0 Å². The van der Waals surface area contributed by atoms with Crippen LogP contribution in [0.2, 0.25) is 0 Å². The van der Waals surface area contributed by atoms with Gasteiger partial charge in [0.2, 0.25) is 5.91 Å². The van der Waals surface area contributed by atoms with Crippen LogP contribution in [0.5, 0.6) is 0 Å². The SMILES string of the molecule is CCC1(CC)CC(NC(=O)CN2CCNCC2)CCO1. The minimum atomic E-state index is -0.0226. The molecule has 0 aromatic heterocycles. The fraction of sp³-hybridized carbons (Fsp3) is 0.933. The second kappa shape index (κ2) is 7.38. The molecule has 20 heavy (non-hydrogen) atoms. The summed E-state index contributed by atoms with van der Waals surface area (Å²) < 4.78 is 5.96. The van der Waals surface area contributed by atoms with Gasteiger partial charge in [-0.2, -0.15) is 0 Å². The Kier molecular flexibility index (Phi) is 5.81. The number of hydrogen-bond donors (Lipinski definition) is 2. The minimum Gasteiger partial charge on any atom is -0.375 e. The van der Waals surface area contributed by atoms with Crippen LogP contribution in [0.15, 0.2) is 0 Å². The Labute approximate surface area is 122 Å². The van der Waals surface area contributed by atoms with Crippen molar-refractivity contribution in [1.29, 1.82) is 0 Å². The summed E-state index contributed by atoms with van der Waals surface area (Å²) in [5, 5.41) is 6.51. The van der Waals surface area contributed by atoms with Crippen LogP contribution in [0.1, 0.15) is 39.5 Å². The Morgan fingerprint density at radius 2 is 2.05 bits per heavy atom. The van der Waals surface area contributed by atoms with Crippen molar-refractivity contribution >= 4 is 5.91 Å². The van der Waals surface area contributed by atoms with E-state index in [1.165, 1.54) is 0 Å². The van der Waals surface area contributed by atoms with Crippen molar-refractivity contribution in [2.45, 2.75) is 51.2 Å². The summed E-state index contributed by atoms with van der Waals surface area (Å²) in [6.07, 6.45) is 3.93. The maximum atomic E-state index is 12.2. The molecule has 0 aromatic carbocycles. The van der Waals surface area contributed by atoms with E-state index in [9.17, 15) is 4.79 Å². The maximum Gasteiger partial charge on any atom is 0.234 e. The molecule has 1 amide bonds. The quantitative estimate of drug-likeness (QED) is 0.782. The van der Waals surface area contributed by atoms with Crippen LogP contribution in [-0.4, -0.2) is 61.8 Å². The molecule has 2 saturated heterocycles. The number of hydrogen-bond acceptors (Lipinski definition) is 4. The van der Waals surface area contributed by atoms with Crippen molar-refractivity contribution in [3.05, 3.63) is 0 Å². The summed E-state index contributed by atoms with van der Waals surface area (Å²) >= 11 is 0. The molecule has 0 spiro atoms. The first-order valence-corrected chi connectivity index (χ1v) is 8.04. The third kappa shape index (κ3) is 4.17. The molecule has 116 valence electrons. The van der Waals surface area contributed by atoms with E-state index in [0.717, 1.165) is 58.5 Å². The van der Waals surface area contributed by atoms with Crippen LogP contribution in [0.25, 0.3) is 0 Å². The highest BCUT2D eigenvalue weighted by molar-refractivity contribution is 5.78. The molecule has 2 aliphatic heterocycles. The van der Waals surface area contributed by atoms with Crippen LogP contribution in [0.4, 0.5) is 0 Å². The highest BCUT2D eigenvalue weighted by atomic mass is 16.5. The van der Waals surface area contributed by atoms with E-state index in [2.05, 4.69) is 29.4 Å². The molecular formula is C15H29N3O2. The van der Waals surface area contributed by atoms with E-state index in [1.54, 1.807) is 0 Å². The Bertz CT molecular complexity index is 312. The molecule has 2 N–H and O–H groups in total. The van der Waals surface area contributed by atoms with Gasteiger partial charge in [-0.3, -0.25) is 9.69 Å². The standard InChI is InChI=1S/C15H29N3O2/c1-3-15(4-2)11-13(5-10-20-15)17-14(19)12-18-8-6-16-7-9-18/h13,16H,3-12H2,1-2H3,(H,17,19). The fourth-order valence-electron chi connectivity index (χ4n) is 3.24. The lowest BCUT2D eigenvalue weighted by atomic mass is 9.86. The number of rotatable bonds is 5. The maximum absolute atomic E-state index is 12.2. The predicted octanol–water partition coefficient (Wildman–Crippen LogP) is 0.746. The van der Waals surface area contributed by atoms with Gasteiger partial charge < -0.3 is 15.4 Å². The van der Waals surface area contributed by atoms with Crippen LogP contribution in [-0.2, 0) is 9.53 Å². The van der Waals surface area contributed by atoms with Gasteiger partial charge in [0.15, 0.2) is 0 Å². The first-order chi connectivity index (χ1) is 9.67. The molecule has 2 rings (SSSR count). The summed E-state index contributed by atoms with van der Waals surface area (Å²) in [5.74, 6) is 0.167. The monoisotopic (exact) mass is 283 g/mol. The first-order valence-electron chi connectivity index (χ1n) is 8.04. The third-order valence-corrected chi connectivity index (χ3v) is 4.72. The Morgan fingerprint density at radius 3 is 2.70 bits per heavy atom. The molecule has 1 atom stereocenters. The van der Waals surface area contributed by atoms with E-state index in [4.69, 9.17) is 4.74 Å². The number of piperazine rings is 1. The lowest BCUT2D eigenvalue weighted by Gasteiger charge is -2.40. The van der Waals surface area contributed by atoms with Gasteiger partial charge in [0.1, 0.15) is 0 Å². The van der Waals surface area contributed by atoms with Crippen LogP contribution >= 0.6 is 0 Å². The van der Waals surface area contributed by atoms with Crippen molar-refractivity contribution in [2.24, 2.45) is 0 Å². The van der Waals surface area contributed by atoms with Gasteiger partial charge in [0.05, 0.1) is 12.1 Å². The van der Waals surface area contributed by atoms with Crippen molar-refractivity contribution < 1.29 is 9.53 Å². The Hall–Kier alpha value is -0.650. The van der Waals surface area contributed by atoms with Crippen molar-refractivity contribution in [1.82, 2.24) is 15.5 Å². The fourth-order valence-corrected chi connectivity index (χ4v) is 3.24. The average molecular weight is 283 g/mol. The first kappa shape index (κ1) is 15.7. The zero-order valence-electron chi connectivity index (χ0n) is 12.9. The van der Waals surface area contributed by atoms with Crippen molar-refractivity contribution in [3.63, 3.8) is 0 Å². The van der Waals surface area contributed by atoms with E-state index >= 15 is 0 Å². The zero-order valence-corrected chi connectivity index (χ0v) is 12.9. The predicted molar refractivity (Wildman–Crippen MR) is 79.7 cm³/mol. The van der Waals surface area contributed by atoms with Gasteiger partial charge in [-0.05, 0) is 25.7 Å². The smallest absolute Gasteiger partial charge is 0.234 e. The molecule has 0 aliphatic carbocycles. The molecule has 0 bridgehead atoms. The van der Waals surface area contributed by atoms with E-state index in [0.29, 0.717) is 6.54 Å². The summed E-state index contributed by atoms with van der Waals surface area (Å²) in [6.45, 7) is 9.55. The zero-order chi connectivity index (χ0) is 14.4. The summed E-state index contributed by atoms with van der Waals surface area (Å²) in [7, 11) is 0. The number of carbonyl (C=O) groups is 1. The Balaban J connectivity index is 1.78. The van der Waals surface area contributed by atoms with Gasteiger partial charge >= 0.3 is 0 Å². The lowest BCUT2D eigenvalue weighted by Crippen LogP contribution is -2.52. The van der Waals surface area contributed by atoms with E-state index in [1.807, 2.05) is 0 Å². The topological polar surface area (TPSA) is 53.6 Å². The van der Waals surface area contributed by atoms with Gasteiger partial charge in [-0.1, -0.05) is 13.8 Å². The number of nitrogens with one attached hydrogen (secondary N) is 2. The summed E-state index contributed by atoms with van der Waals surface area (Å²) in [6, 6.07) is 0.277. The minimum absolute atomic E-state index is 0.0226. The van der Waals surface area contributed by atoms with Gasteiger partial charge in [0, 0.05) is 38.8 Å². The summed E-state index contributed by atoms with van der Waals surface area (Å²) in [5.41, 5.74) is -0.0226. The van der Waals surface area contributed by atoms with Crippen molar-refractivity contribution in [3.8, 4) is 0 Å². The van der Waals surface area contributed by atoms with Crippen LogP contribution in [0, 0.1) is 0 Å². The number of carbonyl (C=O) groups excluding carboxylic acids is 1. The summed E-state index contributed by atoms with van der Waals surface area (Å²) in [4.78, 5) is 14.4. The second-order valence-electron chi connectivity index (χ2n) is 6.02. The van der Waals surface area contributed by atoms with Crippen LogP contribution in [0.3, 0.4) is 0 Å². The molecule has 0 saturated carbocycles. The number of amides is 1. The van der Waals surface area contributed by atoms with Crippen molar-refractivity contribution in [2.75, 3.05) is 39.3 Å². The van der Waals surface area contributed by atoms with Gasteiger partial charge in [-0.25, -0.2) is 0 Å². The average Bonchev–Trinajstić information content (AvgIpc) is 2.48. The molecule has 0 aromatic rings. The lowest BCUT2D eigenvalue weighted by molar-refractivity contribution is -0.127. The highest BCUT2D eigenvalue weighted by Gasteiger charge is 2.35. The normalized spacial score (nSPS) is 27.2. The second-order valence-corrected chi connectivity index (χ2v) is 6.02. The molecule has 5 nitrogen and oxygen atoms in total. The number of ether oxygens (including phenoxy) is 1. The number of nitrogens with zero attached hydrogens (tertiary/aromatic N) is 1. The molecule has 0 radical (unpaired) electrons. The highest BCUT2D eigenvalue weighted by Crippen LogP contribution is 2.31. The molecule has 2 aliphatic rings. The van der Waals surface area contributed by atoms with E-state index in [-0.39, 0.29) is 17.6 Å². The molecular weight excluding hydrogens is 254 g/mol. The van der Waals surface area contributed by atoms with Crippen LogP contribution < -0.4 is 10.6 Å². The van der Waals surface area contributed by atoms with Gasteiger partial charge in [0.25, 0.3) is 0 Å².